The van der Waals surface area contributed by atoms with Crippen molar-refractivity contribution in [2.75, 3.05) is 11.5 Å². The molecule has 0 fully saturated rings. The number of rotatable bonds is 13. The molecule has 1 atom stereocenters. The Bertz CT molecular complexity index is 1780. The second-order valence-corrected chi connectivity index (χ2v) is 10.1. The number of fused-ring (bicyclic) bond motifs is 1. The maximum Gasteiger partial charge on any atom is 0.306 e. The van der Waals surface area contributed by atoms with Gasteiger partial charge in [-0.1, -0.05) is 42.5 Å². The predicted molar refractivity (Wildman–Crippen MR) is 160 cm³/mol. The molecule has 0 saturated carbocycles. The lowest BCUT2D eigenvalue weighted by molar-refractivity contribution is -0.145. The van der Waals surface area contributed by atoms with E-state index in [1.54, 1.807) is 12.1 Å². The number of anilines is 2. The predicted octanol–water partition coefficient (Wildman–Crippen LogP) is 2.80. The quantitative estimate of drug-likeness (QED) is 0.145. The van der Waals surface area contributed by atoms with Gasteiger partial charge in [-0.15, -0.1) is 5.10 Å². The Hall–Kier alpha value is -5.84. The lowest BCUT2D eigenvalue weighted by atomic mass is 10.0. The molecule has 3 aromatic heterocycles. The number of nitrogens with two attached hydrogens (primary N) is 2. The Labute approximate surface area is 252 Å². The third-order valence-electron chi connectivity index (χ3n) is 7.05. The van der Waals surface area contributed by atoms with E-state index in [4.69, 9.17) is 21.5 Å². The summed E-state index contributed by atoms with van der Waals surface area (Å²) in [4.78, 5) is 37.2. The van der Waals surface area contributed by atoms with Crippen molar-refractivity contribution in [1.82, 2.24) is 40.5 Å². The highest BCUT2D eigenvalue weighted by Crippen LogP contribution is 2.24. The molecule has 0 radical (unpaired) electrons. The number of ether oxygens (including phenoxy) is 1. The molecule has 224 valence electrons. The van der Waals surface area contributed by atoms with E-state index in [0.717, 1.165) is 22.1 Å². The molecule has 5 rings (SSSR count). The van der Waals surface area contributed by atoms with Crippen LogP contribution in [0.1, 0.15) is 58.2 Å². The van der Waals surface area contributed by atoms with E-state index in [2.05, 4.69) is 41.9 Å². The van der Waals surface area contributed by atoms with Crippen LogP contribution in [-0.4, -0.2) is 47.0 Å². The number of aromatic amines is 1. The molecule has 14 heteroatoms. The number of amides is 1. The molecule has 3 heterocycles. The van der Waals surface area contributed by atoms with E-state index in [1.807, 2.05) is 48.7 Å². The standard InChI is InChI=1S/C30H31N11O3/c31-15-4-16-41-28(38-39-40-41)23(13-14-24(42)44-18-20-5-2-1-3-6-20)35-29(43)21-10-7-19(8-11-21)9-12-22-17-34-27-25(22)26(32)36-30(33)37-27/h1-3,5-8,10-11,17,23H,4,9,12-14,16,18H2,(H,35,43)(H5,32,33,34,36,37)/t23-/m0/s1. The van der Waals surface area contributed by atoms with Crippen molar-refractivity contribution in [3.05, 3.63) is 88.9 Å². The van der Waals surface area contributed by atoms with Crippen molar-refractivity contribution in [2.24, 2.45) is 0 Å². The molecule has 5 aromatic rings. The summed E-state index contributed by atoms with van der Waals surface area (Å²) >= 11 is 0. The number of carbonyl (C=O) groups is 2. The number of carbonyl (C=O) groups excluding carboxylic acids is 2. The van der Waals surface area contributed by atoms with Crippen molar-refractivity contribution >= 4 is 34.7 Å². The first-order chi connectivity index (χ1) is 21.4. The number of aromatic nitrogens is 7. The lowest BCUT2D eigenvalue weighted by Gasteiger charge is -2.18. The van der Waals surface area contributed by atoms with Crippen molar-refractivity contribution in [3.8, 4) is 6.07 Å². The van der Waals surface area contributed by atoms with Gasteiger partial charge in [-0.05, 0) is 58.5 Å². The highest BCUT2D eigenvalue weighted by atomic mass is 16.5. The number of nitriles is 1. The molecular formula is C30H31N11O3. The normalized spacial score (nSPS) is 11.6. The molecule has 1 amide bonds. The molecule has 0 unspecified atom stereocenters. The van der Waals surface area contributed by atoms with Crippen molar-refractivity contribution in [3.63, 3.8) is 0 Å². The van der Waals surface area contributed by atoms with Gasteiger partial charge in [0, 0.05) is 18.2 Å². The Morgan fingerprint density at radius 1 is 1.05 bits per heavy atom. The van der Waals surface area contributed by atoms with Crippen LogP contribution in [0.15, 0.2) is 60.8 Å². The highest BCUT2D eigenvalue weighted by molar-refractivity contribution is 5.94. The number of hydrogen-bond acceptors (Lipinski definition) is 11. The molecule has 14 nitrogen and oxygen atoms in total. The van der Waals surface area contributed by atoms with Gasteiger partial charge in [-0.3, -0.25) is 9.59 Å². The van der Waals surface area contributed by atoms with Crippen LogP contribution in [0, 0.1) is 11.3 Å². The number of nitrogens with one attached hydrogen (secondary N) is 2. The minimum atomic E-state index is -0.691. The Morgan fingerprint density at radius 3 is 2.61 bits per heavy atom. The van der Waals surface area contributed by atoms with E-state index in [1.165, 1.54) is 4.68 Å². The minimum Gasteiger partial charge on any atom is -0.461 e. The number of tetrazole rings is 1. The topological polar surface area (TPSA) is 216 Å². The highest BCUT2D eigenvalue weighted by Gasteiger charge is 2.23. The largest absolute Gasteiger partial charge is 0.461 e. The summed E-state index contributed by atoms with van der Waals surface area (Å²) in [6, 6.07) is 18.0. The van der Waals surface area contributed by atoms with Crippen LogP contribution in [0.5, 0.6) is 0 Å². The zero-order valence-electron chi connectivity index (χ0n) is 23.8. The van der Waals surface area contributed by atoms with Gasteiger partial charge in [-0.2, -0.15) is 15.2 Å². The Balaban J connectivity index is 1.23. The van der Waals surface area contributed by atoms with Crippen LogP contribution in [0.3, 0.4) is 0 Å². The zero-order chi connectivity index (χ0) is 30.9. The molecule has 2 aromatic carbocycles. The summed E-state index contributed by atoms with van der Waals surface area (Å²) in [6.07, 6.45) is 3.63. The number of H-pyrrole nitrogens is 1. The maximum atomic E-state index is 13.3. The molecule has 44 heavy (non-hydrogen) atoms. The van der Waals surface area contributed by atoms with Gasteiger partial charge >= 0.3 is 5.97 Å². The monoisotopic (exact) mass is 593 g/mol. The number of nitrogens with zero attached hydrogens (tertiary/aromatic N) is 7. The van der Waals surface area contributed by atoms with E-state index >= 15 is 0 Å². The smallest absolute Gasteiger partial charge is 0.306 e. The van der Waals surface area contributed by atoms with Crippen molar-refractivity contribution in [2.45, 2.75) is 51.3 Å². The van der Waals surface area contributed by atoms with Gasteiger partial charge in [-0.25, -0.2) is 4.68 Å². The van der Waals surface area contributed by atoms with Gasteiger partial charge in [0.25, 0.3) is 5.91 Å². The fraction of sp³-hybridized carbons (Fsp3) is 0.267. The first kappa shape index (κ1) is 29.6. The number of aryl methyl sites for hydroxylation is 3. The second-order valence-electron chi connectivity index (χ2n) is 10.1. The van der Waals surface area contributed by atoms with Crippen LogP contribution in [0.4, 0.5) is 11.8 Å². The third-order valence-corrected chi connectivity index (χ3v) is 7.05. The van der Waals surface area contributed by atoms with Gasteiger partial charge < -0.3 is 26.5 Å². The summed E-state index contributed by atoms with van der Waals surface area (Å²) in [6.45, 7) is 0.402. The van der Waals surface area contributed by atoms with E-state index in [9.17, 15) is 9.59 Å². The van der Waals surface area contributed by atoms with E-state index < -0.39 is 12.0 Å². The molecule has 0 aliphatic rings. The van der Waals surface area contributed by atoms with Gasteiger partial charge in [0.1, 0.15) is 18.1 Å². The lowest BCUT2D eigenvalue weighted by Crippen LogP contribution is -2.31. The first-order valence-electron chi connectivity index (χ1n) is 14.0. The summed E-state index contributed by atoms with van der Waals surface area (Å²) in [5, 5.41) is 24.5. The Morgan fingerprint density at radius 2 is 1.84 bits per heavy atom. The molecule has 0 aliphatic carbocycles. The average Bonchev–Trinajstić information content (AvgIpc) is 3.67. The van der Waals surface area contributed by atoms with Crippen LogP contribution in [-0.2, 0) is 35.5 Å². The molecular weight excluding hydrogens is 562 g/mol. The van der Waals surface area contributed by atoms with E-state index in [-0.39, 0.29) is 44.3 Å². The number of nitrogen functional groups attached to an aromatic ring is 2. The average molecular weight is 594 g/mol. The van der Waals surface area contributed by atoms with Gasteiger partial charge in [0.2, 0.25) is 5.95 Å². The molecule has 0 spiro atoms. The van der Waals surface area contributed by atoms with Crippen LogP contribution in [0.25, 0.3) is 11.0 Å². The van der Waals surface area contributed by atoms with Gasteiger partial charge in [0.05, 0.1) is 30.5 Å². The summed E-state index contributed by atoms with van der Waals surface area (Å²) in [5.74, 6) is 0.0214. The SMILES string of the molecule is N#CCCn1nnnc1[C@H](CCC(=O)OCc1ccccc1)NC(=O)c1ccc(CCc2c[nH]c3nc(N)nc(N)c23)cc1. The minimum absolute atomic E-state index is 0.0256. The Kier molecular flexibility index (Phi) is 9.35. The number of benzene rings is 2. The van der Waals surface area contributed by atoms with Crippen LogP contribution >= 0.6 is 0 Å². The van der Waals surface area contributed by atoms with Gasteiger partial charge in [0.15, 0.2) is 5.82 Å². The number of esters is 1. The fourth-order valence-electron chi connectivity index (χ4n) is 4.80. The fourth-order valence-corrected chi connectivity index (χ4v) is 4.80. The molecule has 0 bridgehead atoms. The molecule has 0 saturated heterocycles. The summed E-state index contributed by atoms with van der Waals surface area (Å²) in [7, 11) is 0. The van der Waals surface area contributed by atoms with Crippen LogP contribution in [0.2, 0.25) is 0 Å². The molecule has 6 N–H and O–H groups in total. The van der Waals surface area contributed by atoms with Crippen LogP contribution < -0.4 is 16.8 Å². The first-order valence-corrected chi connectivity index (χ1v) is 14.0. The maximum absolute atomic E-state index is 13.3. The third kappa shape index (κ3) is 7.32. The van der Waals surface area contributed by atoms with E-state index in [0.29, 0.717) is 35.7 Å². The zero-order valence-corrected chi connectivity index (χ0v) is 23.8. The summed E-state index contributed by atoms with van der Waals surface area (Å²) < 4.78 is 6.87. The summed E-state index contributed by atoms with van der Waals surface area (Å²) in [5.41, 5.74) is 15.6. The molecule has 0 aliphatic heterocycles. The number of hydrogen-bond donors (Lipinski definition) is 4. The van der Waals surface area contributed by atoms with Crippen molar-refractivity contribution in [1.29, 1.82) is 5.26 Å². The second kappa shape index (κ2) is 13.9. The van der Waals surface area contributed by atoms with Crippen molar-refractivity contribution < 1.29 is 14.3 Å².